The Balaban J connectivity index is 1.80. The molecule has 3 rings (SSSR count). The van der Waals surface area contributed by atoms with Gasteiger partial charge in [-0.1, -0.05) is 23.7 Å². The summed E-state index contributed by atoms with van der Waals surface area (Å²) in [6.45, 7) is 4.32. The van der Waals surface area contributed by atoms with Gasteiger partial charge in [-0.3, -0.25) is 4.79 Å². The highest BCUT2D eigenvalue weighted by Crippen LogP contribution is 2.21. The second-order valence-electron chi connectivity index (χ2n) is 5.44. The minimum absolute atomic E-state index is 0.0406. The van der Waals surface area contributed by atoms with E-state index in [1.807, 2.05) is 67.1 Å². The van der Waals surface area contributed by atoms with Crippen molar-refractivity contribution in [2.45, 2.75) is 20.4 Å². The standard InChI is InChI=1S/C18H17ClN2O/c1-12-4-3-5-16(13(12)2)20-18(22)11-21-9-8-14-10-15(19)6-7-17(14)21/h3-10H,11H2,1-2H3,(H,20,22). The number of nitrogens with one attached hydrogen (secondary N) is 1. The zero-order valence-electron chi connectivity index (χ0n) is 12.6. The average molecular weight is 313 g/mol. The first-order valence-corrected chi connectivity index (χ1v) is 7.53. The van der Waals surface area contributed by atoms with Crippen molar-refractivity contribution in [1.29, 1.82) is 0 Å². The van der Waals surface area contributed by atoms with Crippen molar-refractivity contribution >= 4 is 34.1 Å². The Morgan fingerprint density at radius 2 is 2.00 bits per heavy atom. The highest BCUT2D eigenvalue weighted by atomic mass is 35.5. The molecule has 22 heavy (non-hydrogen) atoms. The molecule has 0 aliphatic rings. The van der Waals surface area contributed by atoms with Crippen LogP contribution in [0.5, 0.6) is 0 Å². The fraction of sp³-hybridized carbons (Fsp3) is 0.167. The molecular formula is C18H17ClN2O. The largest absolute Gasteiger partial charge is 0.338 e. The molecule has 0 atom stereocenters. The molecule has 1 heterocycles. The van der Waals surface area contributed by atoms with Crippen LogP contribution < -0.4 is 5.32 Å². The maximum Gasteiger partial charge on any atom is 0.244 e. The number of anilines is 1. The van der Waals surface area contributed by atoms with Crippen molar-refractivity contribution in [1.82, 2.24) is 4.57 Å². The van der Waals surface area contributed by atoms with Gasteiger partial charge < -0.3 is 9.88 Å². The SMILES string of the molecule is Cc1cccc(NC(=O)Cn2ccc3cc(Cl)ccc32)c1C. The lowest BCUT2D eigenvalue weighted by atomic mass is 10.1. The molecule has 1 N–H and O–H groups in total. The van der Waals surface area contributed by atoms with Gasteiger partial charge in [-0.2, -0.15) is 0 Å². The summed E-state index contributed by atoms with van der Waals surface area (Å²) in [7, 11) is 0. The van der Waals surface area contributed by atoms with Crippen molar-refractivity contribution in [2.24, 2.45) is 0 Å². The van der Waals surface area contributed by atoms with Gasteiger partial charge in [-0.25, -0.2) is 0 Å². The first kappa shape index (κ1) is 14.7. The average Bonchev–Trinajstić information content (AvgIpc) is 2.86. The van der Waals surface area contributed by atoms with Crippen LogP contribution in [0, 0.1) is 13.8 Å². The summed E-state index contributed by atoms with van der Waals surface area (Å²) in [6.07, 6.45) is 1.91. The number of hydrogen-bond donors (Lipinski definition) is 1. The van der Waals surface area contributed by atoms with Gasteiger partial charge in [0.25, 0.3) is 0 Å². The molecule has 2 aromatic carbocycles. The lowest BCUT2D eigenvalue weighted by Gasteiger charge is -2.11. The van der Waals surface area contributed by atoms with Gasteiger partial charge >= 0.3 is 0 Å². The molecule has 3 aromatic rings. The highest BCUT2D eigenvalue weighted by molar-refractivity contribution is 6.31. The molecule has 0 radical (unpaired) electrons. The number of benzene rings is 2. The lowest BCUT2D eigenvalue weighted by molar-refractivity contribution is -0.116. The fourth-order valence-corrected chi connectivity index (χ4v) is 2.72. The van der Waals surface area contributed by atoms with Crippen LogP contribution in [0.25, 0.3) is 10.9 Å². The predicted molar refractivity (Wildman–Crippen MR) is 91.5 cm³/mol. The number of carbonyl (C=O) groups is 1. The van der Waals surface area contributed by atoms with Gasteiger partial charge in [0.15, 0.2) is 0 Å². The van der Waals surface area contributed by atoms with Crippen LogP contribution in [0.4, 0.5) is 5.69 Å². The van der Waals surface area contributed by atoms with Crippen LogP contribution >= 0.6 is 11.6 Å². The summed E-state index contributed by atoms with van der Waals surface area (Å²) in [5, 5.41) is 4.71. The topological polar surface area (TPSA) is 34.0 Å². The van der Waals surface area contributed by atoms with E-state index in [4.69, 9.17) is 11.6 Å². The Hall–Kier alpha value is -2.26. The van der Waals surface area contributed by atoms with Crippen molar-refractivity contribution in [3.8, 4) is 0 Å². The summed E-state index contributed by atoms with van der Waals surface area (Å²) < 4.78 is 1.92. The molecular weight excluding hydrogens is 296 g/mol. The Kier molecular flexibility index (Phi) is 3.90. The number of rotatable bonds is 3. The van der Waals surface area contributed by atoms with Gasteiger partial charge in [-0.15, -0.1) is 0 Å². The Labute approximate surface area is 134 Å². The van der Waals surface area contributed by atoms with Crippen LogP contribution in [0.1, 0.15) is 11.1 Å². The summed E-state index contributed by atoms with van der Waals surface area (Å²) in [5.41, 5.74) is 4.13. The second kappa shape index (κ2) is 5.85. The molecule has 112 valence electrons. The van der Waals surface area contributed by atoms with Gasteiger partial charge in [0, 0.05) is 27.8 Å². The van der Waals surface area contributed by atoms with E-state index in [0.29, 0.717) is 5.02 Å². The molecule has 0 aliphatic heterocycles. The number of nitrogens with zero attached hydrogens (tertiary/aromatic N) is 1. The molecule has 0 saturated heterocycles. The normalized spacial score (nSPS) is 10.9. The Morgan fingerprint density at radius 3 is 2.82 bits per heavy atom. The van der Waals surface area contributed by atoms with Gasteiger partial charge in [0.1, 0.15) is 6.54 Å². The fourth-order valence-electron chi connectivity index (χ4n) is 2.54. The smallest absolute Gasteiger partial charge is 0.244 e. The third-order valence-corrected chi connectivity index (χ3v) is 4.16. The first-order valence-electron chi connectivity index (χ1n) is 7.15. The maximum absolute atomic E-state index is 12.3. The minimum Gasteiger partial charge on any atom is -0.338 e. The molecule has 4 heteroatoms. The van der Waals surface area contributed by atoms with Crippen LogP contribution in [0.3, 0.4) is 0 Å². The molecule has 3 nitrogen and oxygen atoms in total. The quantitative estimate of drug-likeness (QED) is 0.756. The van der Waals surface area contributed by atoms with Gasteiger partial charge in [0.2, 0.25) is 5.91 Å². The number of hydrogen-bond acceptors (Lipinski definition) is 1. The third kappa shape index (κ3) is 2.85. The Bertz CT molecular complexity index is 851. The molecule has 1 aromatic heterocycles. The van der Waals surface area contributed by atoms with Crippen LogP contribution in [0.2, 0.25) is 5.02 Å². The molecule has 1 amide bonds. The number of aromatic nitrogens is 1. The minimum atomic E-state index is -0.0406. The van der Waals surface area contributed by atoms with E-state index < -0.39 is 0 Å². The van der Waals surface area contributed by atoms with E-state index in [0.717, 1.165) is 22.2 Å². The van der Waals surface area contributed by atoms with Gasteiger partial charge in [-0.05, 0) is 55.3 Å². The van der Waals surface area contributed by atoms with E-state index >= 15 is 0 Å². The summed E-state index contributed by atoms with van der Waals surface area (Å²) in [4.78, 5) is 12.3. The van der Waals surface area contributed by atoms with Crippen molar-refractivity contribution < 1.29 is 4.79 Å². The monoisotopic (exact) mass is 312 g/mol. The van der Waals surface area contributed by atoms with E-state index in [1.165, 1.54) is 5.56 Å². The second-order valence-corrected chi connectivity index (χ2v) is 5.88. The predicted octanol–water partition coefficient (Wildman–Crippen LogP) is 4.55. The number of carbonyl (C=O) groups excluding carboxylic acids is 1. The lowest BCUT2D eigenvalue weighted by Crippen LogP contribution is -2.18. The van der Waals surface area contributed by atoms with E-state index in [-0.39, 0.29) is 12.5 Å². The van der Waals surface area contributed by atoms with Crippen LogP contribution in [-0.4, -0.2) is 10.5 Å². The summed E-state index contributed by atoms with van der Waals surface area (Å²) in [6, 6.07) is 13.5. The van der Waals surface area contributed by atoms with Crippen LogP contribution in [-0.2, 0) is 11.3 Å². The van der Waals surface area contributed by atoms with Gasteiger partial charge in [0.05, 0.1) is 0 Å². The summed E-state index contributed by atoms with van der Waals surface area (Å²) in [5.74, 6) is -0.0406. The maximum atomic E-state index is 12.3. The van der Waals surface area contributed by atoms with Crippen LogP contribution in [0.15, 0.2) is 48.7 Å². The zero-order valence-corrected chi connectivity index (χ0v) is 13.3. The molecule has 0 unspecified atom stereocenters. The molecule has 0 saturated carbocycles. The number of amides is 1. The number of aryl methyl sites for hydroxylation is 1. The molecule has 0 bridgehead atoms. The number of halogens is 1. The molecule has 0 spiro atoms. The highest BCUT2D eigenvalue weighted by Gasteiger charge is 2.09. The Morgan fingerprint density at radius 1 is 1.18 bits per heavy atom. The molecule has 0 fully saturated rings. The van der Waals surface area contributed by atoms with Crippen molar-refractivity contribution in [3.05, 3.63) is 64.8 Å². The van der Waals surface area contributed by atoms with E-state index in [2.05, 4.69) is 5.32 Å². The summed E-state index contributed by atoms with van der Waals surface area (Å²) >= 11 is 5.98. The van der Waals surface area contributed by atoms with E-state index in [1.54, 1.807) is 0 Å². The number of fused-ring (bicyclic) bond motifs is 1. The van der Waals surface area contributed by atoms with E-state index in [9.17, 15) is 4.79 Å². The van der Waals surface area contributed by atoms with Crippen molar-refractivity contribution in [2.75, 3.05) is 5.32 Å². The zero-order chi connectivity index (χ0) is 15.7. The molecule has 0 aliphatic carbocycles. The van der Waals surface area contributed by atoms with Crippen molar-refractivity contribution in [3.63, 3.8) is 0 Å². The third-order valence-electron chi connectivity index (χ3n) is 3.93. The first-order chi connectivity index (χ1) is 10.5.